The van der Waals surface area contributed by atoms with Crippen molar-refractivity contribution in [1.29, 1.82) is 5.26 Å². The van der Waals surface area contributed by atoms with Gasteiger partial charge in [-0.1, -0.05) is 18.2 Å². The molecule has 4 rings (SSSR count). The Morgan fingerprint density at radius 2 is 2.11 bits per heavy atom. The molecule has 0 fully saturated rings. The number of benzene rings is 1. The van der Waals surface area contributed by atoms with E-state index in [1.54, 1.807) is 19.5 Å². The van der Waals surface area contributed by atoms with Gasteiger partial charge < -0.3 is 20.1 Å². The number of fused-ring (bicyclic) bond motifs is 1. The highest BCUT2D eigenvalue weighted by Crippen LogP contribution is 2.39. The number of anilines is 1. The Kier molecular flexibility index (Phi) is 8.53. The molecule has 1 aliphatic rings. The molecule has 0 spiro atoms. The van der Waals surface area contributed by atoms with Crippen molar-refractivity contribution < 1.29 is 19.1 Å². The number of carbonyl (C=O) groups excluding carboxylic acids is 2. The van der Waals surface area contributed by atoms with Crippen molar-refractivity contribution in [3.8, 4) is 11.8 Å². The molecule has 3 aromatic rings. The first-order valence-electron chi connectivity index (χ1n) is 11.8. The molecule has 0 radical (unpaired) electrons. The monoisotopic (exact) mass is 504 g/mol. The molecule has 0 saturated heterocycles. The zero-order valence-electron chi connectivity index (χ0n) is 20.1. The highest BCUT2D eigenvalue weighted by Gasteiger charge is 2.27. The Morgan fingerprint density at radius 3 is 2.89 bits per heavy atom. The number of carbonyl (C=O) groups is 2. The molecule has 1 aliphatic carbocycles. The molecular formula is C27H28N4O4S. The lowest BCUT2D eigenvalue weighted by atomic mass is 9.88. The number of nitrogens with zero attached hydrogens (tertiary/aromatic N) is 2. The van der Waals surface area contributed by atoms with E-state index in [0.717, 1.165) is 40.2 Å². The van der Waals surface area contributed by atoms with Crippen LogP contribution in [0.25, 0.3) is 0 Å². The van der Waals surface area contributed by atoms with E-state index in [2.05, 4.69) is 21.7 Å². The Labute approximate surface area is 214 Å². The van der Waals surface area contributed by atoms with Gasteiger partial charge in [0, 0.05) is 30.2 Å². The number of nitrogens with one attached hydrogen (secondary N) is 2. The molecular weight excluding hydrogens is 476 g/mol. The second-order valence-corrected chi connectivity index (χ2v) is 9.75. The van der Waals surface area contributed by atoms with E-state index >= 15 is 0 Å². The van der Waals surface area contributed by atoms with E-state index < -0.39 is 6.09 Å². The fourth-order valence-electron chi connectivity index (χ4n) is 4.20. The fourth-order valence-corrected chi connectivity index (χ4v) is 5.53. The topological polar surface area (TPSA) is 113 Å². The maximum absolute atomic E-state index is 12.6. The van der Waals surface area contributed by atoms with E-state index in [1.807, 2.05) is 36.4 Å². The van der Waals surface area contributed by atoms with Gasteiger partial charge in [0.25, 0.3) is 0 Å². The van der Waals surface area contributed by atoms with Gasteiger partial charge in [0.05, 0.1) is 19.3 Å². The first-order valence-corrected chi connectivity index (χ1v) is 12.6. The van der Waals surface area contributed by atoms with Gasteiger partial charge in [-0.3, -0.25) is 9.78 Å². The SMILES string of the molecule is COc1cccc(CCC(=O)Nc2sc3c(c2C#N)CCC(COC(=O)NCc2cccnc2)C3)c1. The van der Waals surface area contributed by atoms with Gasteiger partial charge in [-0.2, -0.15) is 5.26 Å². The Morgan fingerprint density at radius 1 is 1.25 bits per heavy atom. The molecule has 186 valence electrons. The number of hydrogen-bond donors (Lipinski definition) is 2. The van der Waals surface area contributed by atoms with Crippen molar-refractivity contribution in [3.05, 3.63) is 75.9 Å². The van der Waals surface area contributed by atoms with Crippen LogP contribution in [0.2, 0.25) is 0 Å². The quantitative estimate of drug-likeness (QED) is 0.439. The number of amides is 2. The van der Waals surface area contributed by atoms with Gasteiger partial charge in [-0.15, -0.1) is 11.3 Å². The summed E-state index contributed by atoms with van der Waals surface area (Å²) in [5.74, 6) is 0.802. The Balaban J connectivity index is 1.28. The normalized spacial score (nSPS) is 14.3. The second kappa shape index (κ2) is 12.2. The number of nitriles is 1. The lowest BCUT2D eigenvalue weighted by Gasteiger charge is -2.21. The minimum atomic E-state index is -0.461. The summed E-state index contributed by atoms with van der Waals surface area (Å²) in [6, 6.07) is 13.6. The van der Waals surface area contributed by atoms with E-state index in [4.69, 9.17) is 9.47 Å². The summed E-state index contributed by atoms with van der Waals surface area (Å²) in [6.45, 7) is 0.666. The molecule has 2 amide bonds. The molecule has 2 N–H and O–H groups in total. The van der Waals surface area contributed by atoms with Crippen LogP contribution in [0.3, 0.4) is 0 Å². The third kappa shape index (κ3) is 6.61. The Hall–Kier alpha value is -3.90. The Bertz CT molecular complexity index is 1250. The minimum Gasteiger partial charge on any atom is -0.497 e. The van der Waals surface area contributed by atoms with E-state index in [-0.39, 0.29) is 11.8 Å². The number of pyridine rings is 1. The summed E-state index contributed by atoms with van der Waals surface area (Å²) in [6.07, 6.45) is 6.06. The maximum atomic E-state index is 12.6. The third-order valence-corrected chi connectivity index (χ3v) is 7.29. The summed E-state index contributed by atoms with van der Waals surface area (Å²) >= 11 is 1.45. The molecule has 36 heavy (non-hydrogen) atoms. The first kappa shape index (κ1) is 25.2. The molecule has 0 bridgehead atoms. The van der Waals surface area contributed by atoms with Gasteiger partial charge in [0.2, 0.25) is 5.91 Å². The van der Waals surface area contributed by atoms with Crippen molar-refractivity contribution >= 4 is 28.3 Å². The van der Waals surface area contributed by atoms with Crippen molar-refractivity contribution in [2.75, 3.05) is 19.0 Å². The van der Waals surface area contributed by atoms with Crippen LogP contribution in [0, 0.1) is 17.2 Å². The van der Waals surface area contributed by atoms with Crippen LogP contribution < -0.4 is 15.4 Å². The number of thiophene rings is 1. The summed E-state index contributed by atoms with van der Waals surface area (Å²) < 4.78 is 10.7. The number of aromatic nitrogens is 1. The van der Waals surface area contributed by atoms with Crippen molar-refractivity contribution in [2.45, 2.75) is 38.6 Å². The minimum absolute atomic E-state index is 0.127. The van der Waals surface area contributed by atoms with Crippen LogP contribution in [-0.4, -0.2) is 30.7 Å². The number of aryl methyl sites for hydroxylation is 1. The number of rotatable bonds is 9. The molecule has 1 aromatic carbocycles. The molecule has 0 saturated carbocycles. The van der Waals surface area contributed by atoms with Gasteiger partial charge >= 0.3 is 6.09 Å². The van der Waals surface area contributed by atoms with E-state index in [9.17, 15) is 14.9 Å². The first-order chi connectivity index (χ1) is 17.6. The fraction of sp³-hybridized carbons (Fsp3) is 0.333. The van der Waals surface area contributed by atoms with Crippen LogP contribution >= 0.6 is 11.3 Å². The maximum Gasteiger partial charge on any atom is 0.407 e. The summed E-state index contributed by atoms with van der Waals surface area (Å²) in [7, 11) is 1.61. The number of methoxy groups -OCH3 is 1. The van der Waals surface area contributed by atoms with E-state index in [1.165, 1.54) is 11.3 Å². The molecule has 9 heteroatoms. The van der Waals surface area contributed by atoms with Gasteiger partial charge in [-0.25, -0.2) is 4.79 Å². The lowest BCUT2D eigenvalue weighted by molar-refractivity contribution is -0.116. The van der Waals surface area contributed by atoms with E-state index in [0.29, 0.717) is 43.0 Å². The number of alkyl carbamates (subject to hydrolysis) is 1. The van der Waals surface area contributed by atoms with Crippen molar-refractivity contribution in [2.24, 2.45) is 5.92 Å². The van der Waals surface area contributed by atoms with Crippen LogP contribution in [0.1, 0.15) is 40.0 Å². The van der Waals surface area contributed by atoms with Crippen molar-refractivity contribution in [3.63, 3.8) is 0 Å². The zero-order chi connectivity index (χ0) is 25.3. The van der Waals surface area contributed by atoms with Crippen molar-refractivity contribution in [1.82, 2.24) is 10.3 Å². The van der Waals surface area contributed by atoms with Crippen LogP contribution in [0.5, 0.6) is 5.75 Å². The molecule has 2 heterocycles. The summed E-state index contributed by atoms with van der Waals surface area (Å²) in [5, 5.41) is 16.0. The second-order valence-electron chi connectivity index (χ2n) is 8.64. The average Bonchev–Trinajstić information content (AvgIpc) is 3.26. The number of ether oxygens (including phenoxy) is 2. The third-order valence-electron chi connectivity index (χ3n) is 6.12. The van der Waals surface area contributed by atoms with Gasteiger partial charge in [0.15, 0.2) is 0 Å². The van der Waals surface area contributed by atoms with Crippen LogP contribution in [0.15, 0.2) is 48.8 Å². The molecule has 1 atom stereocenters. The molecule has 8 nitrogen and oxygen atoms in total. The highest BCUT2D eigenvalue weighted by molar-refractivity contribution is 7.16. The summed E-state index contributed by atoms with van der Waals surface area (Å²) in [5.41, 5.74) is 3.47. The molecule has 2 aromatic heterocycles. The number of hydrogen-bond acceptors (Lipinski definition) is 7. The largest absolute Gasteiger partial charge is 0.497 e. The van der Waals surface area contributed by atoms with Gasteiger partial charge in [0.1, 0.15) is 16.8 Å². The molecule has 1 unspecified atom stereocenters. The predicted molar refractivity (Wildman–Crippen MR) is 137 cm³/mol. The standard InChI is InChI=1S/C27H28N4O4S/c1-34-21-6-2-4-18(12-21)8-10-25(32)31-26-23(14-28)22-9-7-19(13-24(22)36-26)17-35-27(33)30-16-20-5-3-11-29-15-20/h2-6,11-12,15,19H,7-10,13,16-17H2,1H3,(H,30,33)(H,31,32). The zero-order valence-corrected chi connectivity index (χ0v) is 20.9. The predicted octanol–water partition coefficient (Wildman–Crippen LogP) is 4.63. The lowest BCUT2D eigenvalue weighted by Crippen LogP contribution is -2.27. The smallest absolute Gasteiger partial charge is 0.407 e. The summed E-state index contributed by atoms with van der Waals surface area (Å²) in [4.78, 5) is 29.8. The molecule has 0 aliphatic heterocycles. The average molecular weight is 505 g/mol. The highest BCUT2D eigenvalue weighted by atomic mass is 32.1. The van der Waals surface area contributed by atoms with Crippen LogP contribution in [0.4, 0.5) is 9.80 Å². The van der Waals surface area contributed by atoms with Gasteiger partial charge in [-0.05, 0) is 66.5 Å². The van der Waals surface area contributed by atoms with Crippen LogP contribution in [-0.2, 0) is 35.3 Å².